The van der Waals surface area contributed by atoms with Crippen LogP contribution in [-0.4, -0.2) is 44.8 Å². The van der Waals surface area contributed by atoms with Gasteiger partial charge in [-0.05, 0) is 56.5 Å². The van der Waals surface area contributed by atoms with E-state index in [0.29, 0.717) is 36.2 Å². The monoisotopic (exact) mass is 430 g/mol. The van der Waals surface area contributed by atoms with Gasteiger partial charge >= 0.3 is 5.97 Å². The summed E-state index contributed by atoms with van der Waals surface area (Å²) in [6, 6.07) is 11.7. The number of esters is 1. The van der Waals surface area contributed by atoms with Gasteiger partial charge in [-0.1, -0.05) is 23.8 Å². The van der Waals surface area contributed by atoms with Gasteiger partial charge in [-0.15, -0.1) is 0 Å². The van der Waals surface area contributed by atoms with Crippen LogP contribution in [0, 0.1) is 19.8 Å². The molecule has 0 aliphatic carbocycles. The molecule has 1 amide bonds. The van der Waals surface area contributed by atoms with Gasteiger partial charge in [0.1, 0.15) is 0 Å². The number of hydrogen-bond donors (Lipinski definition) is 1. The highest BCUT2D eigenvalue weighted by molar-refractivity contribution is 7.89. The van der Waals surface area contributed by atoms with E-state index in [-0.39, 0.29) is 17.3 Å². The molecule has 0 spiro atoms. The number of methoxy groups -OCH3 is 1. The van der Waals surface area contributed by atoms with Gasteiger partial charge in [0.2, 0.25) is 15.9 Å². The molecule has 8 heteroatoms. The van der Waals surface area contributed by atoms with E-state index in [2.05, 4.69) is 5.32 Å². The Morgan fingerprint density at radius 1 is 1.10 bits per heavy atom. The van der Waals surface area contributed by atoms with Crippen LogP contribution in [0.3, 0.4) is 0 Å². The number of nitrogens with one attached hydrogen (secondary N) is 1. The molecule has 2 aromatic rings. The first-order chi connectivity index (χ1) is 14.2. The van der Waals surface area contributed by atoms with E-state index < -0.39 is 21.9 Å². The van der Waals surface area contributed by atoms with Crippen molar-refractivity contribution in [2.24, 2.45) is 5.92 Å². The van der Waals surface area contributed by atoms with Crippen LogP contribution in [0.1, 0.15) is 34.3 Å². The Bertz CT molecular complexity index is 1050. The molecule has 3 rings (SSSR count). The van der Waals surface area contributed by atoms with Crippen molar-refractivity contribution in [2.75, 3.05) is 25.5 Å². The molecule has 160 valence electrons. The lowest BCUT2D eigenvalue weighted by Crippen LogP contribution is -2.43. The fourth-order valence-electron chi connectivity index (χ4n) is 3.57. The van der Waals surface area contributed by atoms with Crippen LogP contribution in [0.2, 0.25) is 0 Å². The third kappa shape index (κ3) is 4.55. The fraction of sp³-hybridized carbons (Fsp3) is 0.364. The summed E-state index contributed by atoms with van der Waals surface area (Å²) < 4.78 is 32.1. The molecule has 0 radical (unpaired) electrons. The van der Waals surface area contributed by atoms with Crippen molar-refractivity contribution in [2.45, 2.75) is 31.6 Å². The molecule has 0 bridgehead atoms. The van der Waals surface area contributed by atoms with Gasteiger partial charge in [0.25, 0.3) is 0 Å². The number of nitrogens with zero attached hydrogens (tertiary/aromatic N) is 1. The zero-order valence-corrected chi connectivity index (χ0v) is 18.2. The van der Waals surface area contributed by atoms with Crippen molar-refractivity contribution in [3.05, 3.63) is 59.2 Å². The minimum Gasteiger partial charge on any atom is -0.465 e. The molecule has 1 saturated heterocycles. The molecule has 1 N–H and O–H groups in total. The number of piperidine rings is 1. The van der Waals surface area contributed by atoms with Crippen molar-refractivity contribution >= 4 is 27.6 Å². The summed E-state index contributed by atoms with van der Waals surface area (Å²) in [5.41, 5.74) is 2.48. The number of anilines is 1. The molecule has 7 nitrogen and oxygen atoms in total. The normalized spacial score (nSPS) is 17.4. The standard InChI is InChI=1S/C22H26N2O5S/c1-15-9-11-18(12-10-15)30(27,28)24-13-5-6-17(14-24)21(25)23-20-8-4-7-19(16(20)2)22(26)29-3/h4,7-12,17H,5-6,13-14H2,1-3H3,(H,23,25)/t17-/m0/s1. The van der Waals surface area contributed by atoms with Crippen LogP contribution in [0.25, 0.3) is 0 Å². The van der Waals surface area contributed by atoms with Gasteiger partial charge in [0, 0.05) is 18.8 Å². The topological polar surface area (TPSA) is 92.8 Å². The predicted octanol–water partition coefficient (Wildman–Crippen LogP) is 3.13. The summed E-state index contributed by atoms with van der Waals surface area (Å²) in [6.45, 7) is 4.14. The Morgan fingerprint density at radius 2 is 1.80 bits per heavy atom. The molecular weight excluding hydrogens is 404 g/mol. The average molecular weight is 431 g/mol. The lowest BCUT2D eigenvalue weighted by atomic mass is 9.98. The SMILES string of the molecule is COC(=O)c1cccc(NC(=O)[C@H]2CCCN(S(=O)(=O)c3ccc(C)cc3)C2)c1C. The molecule has 0 saturated carbocycles. The number of hydrogen-bond acceptors (Lipinski definition) is 5. The second-order valence-corrected chi connectivity index (χ2v) is 9.41. The van der Waals surface area contributed by atoms with E-state index in [4.69, 9.17) is 4.74 Å². The zero-order valence-electron chi connectivity index (χ0n) is 17.3. The van der Waals surface area contributed by atoms with Crippen LogP contribution >= 0.6 is 0 Å². The lowest BCUT2D eigenvalue weighted by Gasteiger charge is -2.31. The molecule has 1 fully saturated rings. The molecule has 1 atom stereocenters. The third-order valence-corrected chi connectivity index (χ3v) is 7.29. The van der Waals surface area contributed by atoms with Crippen LogP contribution < -0.4 is 5.32 Å². The highest BCUT2D eigenvalue weighted by Crippen LogP contribution is 2.26. The number of ether oxygens (including phenoxy) is 1. The van der Waals surface area contributed by atoms with Gasteiger partial charge in [-0.3, -0.25) is 4.79 Å². The molecule has 1 aliphatic heterocycles. The molecule has 1 aliphatic rings. The van der Waals surface area contributed by atoms with Crippen molar-refractivity contribution in [1.82, 2.24) is 4.31 Å². The minimum absolute atomic E-state index is 0.123. The first kappa shape index (κ1) is 22.0. The first-order valence-electron chi connectivity index (χ1n) is 9.79. The van der Waals surface area contributed by atoms with Gasteiger partial charge < -0.3 is 10.1 Å². The number of carbonyl (C=O) groups excluding carboxylic acids is 2. The fourth-order valence-corrected chi connectivity index (χ4v) is 5.09. The average Bonchev–Trinajstić information content (AvgIpc) is 2.75. The number of aryl methyl sites for hydroxylation is 1. The number of amides is 1. The number of rotatable bonds is 5. The van der Waals surface area contributed by atoms with Gasteiger partial charge in [0.15, 0.2) is 0 Å². The van der Waals surface area contributed by atoms with E-state index >= 15 is 0 Å². The molecule has 2 aromatic carbocycles. The van der Waals surface area contributed by atoms with Crippen LogP contribution in [-0.2, 0) is 19.6 Å². The summed E-state index contributed by atoms with van der Waals surface area (Å²) >= 11 is 0. The zero-order chi connectivity index (χ0) is 21.9. The summed E-state index contributed by atoms with van der Waals surface area (Å²) in [6.07, 6.45) is 1.20. The minimum atomic E-state index is -3.66. The summed E-state index contributed by atoms with van der Waals surface area (Å²) in [5.74, 6) is -1.21. The van der Waals surface area contributed by atoms with Crippen LogP contribution in [0.4, 0.5) is 5.69 Å². The summed E-state index contributed by atoms with van der Waals surface area (Å²) in [5, 5.41) is 2.85. The highest BCUT2D eigenvalue weighted by Gasteiger charge is 2.33. The maximum atomic E-state index is 13.0. The van der Waals surface area contributed by atoms with Crippen molar-refractivity contribution in [3.63, 3.8) is 0 Å². The van der Waals surface area contributed by atoms with Gasteiger partial charge in [-0.2, -0.15) is 4.31 Å². The maximum absolute atomic E-state index is 13.0. The Hall–Kier alpha value is -2.71. The van der Waals surface area contributed by atoms with E-state index in [1.54, 1.807) is 49.4 Å². The van der Waals surface area contributed by atoms with Gasteiger partial charge in [-0.25, -0.2) is 13.2 Å². The largest absolute Gasteiger partial charge is 0.465 e. The second-order valence-electron chi connectivity index (χ2n) is 7.47. The van der Waals surface area contributed by atoms with Crippen molar-refractivity contribution in [1.29, 1.82) is 0 Å². The third-order valence-electron chi connectivity index (χ3n) is 5.41. The smallest absolute Gasteiger partial charge is 0.338 e. The summed E-state index contributed by atoms with van der Waals surface area (Å²) in [7, 11) is -2.35. The quantitative estimate of drug-likeness (QED) is 0.736. The first-order valence-corrected chi connectivity index (χ1v) is 11.2. The van der Waals surface area contributed by atoms with E-state index in [1.807, 2.05) is 6.92 Å². The van der Waals surface area contributed by atoms with Crippen LogP contribution in [0.15, 0.2) is 47.4 Å². The molecule has 0 aromatic heterocycles. The Balaban J connectivity index is 1.75. The second kappa shape index (κ2) is 8.97. The Kier molecular flexibility index (Phi) is 6.58. The molecule has 0 unspecified atom stereocenters. The van der Waals surface area contributed by atoms with Crippen molar-refractivity contribution in [3.8, 4) is 0 Å². The Morgan fingerprint density at radius 3 is 2.47 bits per heavy atom. The predicted molar refractivity (Wildman–Crippen MR) is 114 cm³/mol. The lowest BCUT2D eigenvalue weighted by molar-refractivity contribution is -0.120. The van der Waals surface area contributed by atoms with Gasteiger partial charge in [0.05, 0.1) is 23.5 Å². The highest BCUT2D eigenvalue weighted by atomic mass is 32.2. The Labute approximate surface area is 177 Å². The number of sulfonamides is 1. The van der Waals surface area contributed by atoms with E-state index in [9.17, 15) is 18.0 Å². The summed E-state index contributed by atoms with van der Waals surface area (Å²) in [4.78, 5) is 25.0. The maximum Gasteiger partial charge on any atom is 0.338 e. The van der Waals surface area contributed by atoms with Crippen molar-refractivity contribution < 1.29 is 22.7 Å². The number of carbonyl (C=O) groups is 2. The molecular formula is C22H26N2O5S. The molecule has 1 heterocycles. The molecule has 30 heavy (non-hydrogen) atoms. The number of benzene rings is 2. The van der Waals surface area contributed by atoms with E-state index in [0.717, 1.165) is 5.56 Å². The van der Waals surface area contributed by atoms with E-state index in [1.165, 1.54) is 11.4 Å². The van der Waals surface area contributed by atoms with Crippen LogP contribution in [0.5, 0.6) is 0 Å².